The van der Waals surface area contributed by atoms with Crippen molar-refractivity contribution in [2.45, 2.75) is 19.9 Å². The predicted molar refractivity (Wildman–Crippen MR) is 82.9 cm³/mol. The number of hydrogen-bond acceptors (Lipinski definition) is 3. The third-order valence-corrected chi connectivity index (χ3v) is 3.53. The minimum Gasteiger partial charge on any atom is -0.508 e. The fourth-order valence-corrected chi connectivity index (χ4v) is 2.24. The minimum absolute atomic E-state index is 0.0693. The lowest BCUT2D eigenvalue weighted by Crippen LogP contribution is -2.07. The van der Waals surface area contributed by atoms with E-state index in [0.717, 1.165) is 22.6 Å². The molecule has 0 fully saturated rings. The van der Waals surface area contributed by atoms with Gasteiger partial charge in [-0.2, -0.15) is 0 Å². The molecule has 0 bridgehead atoms. The van der Waals surface area contributed by atoms with Gasteiger partial charge in [-0.15, -0.1) is 0 Å². The molecule has 0 amide bonds. The van der Waals surface area contributed by atoms with E-state index in [4.69, 9.17) is 16.3 Å². The maximum atomic E-state index is 10.0. The van der Waals surface area contributed by atoms with Crippen LogP contribution in [0.1, 0.15) is 24.1 Å². The normalized spacial score (nSPS) is 12.0. The number of phenolic OH excluding ortho intramolecular Hbond substituents is 1. The summed E-state index contributed by atoms with van der Waals surface area (Å²) in [5.74, 6) is 1.02. The average Bonchev–Trinajstić information content (AvgIpc) is 2.41. The Labute approximate surface area is 124 Å². The summed E-state index contributed by atoms with van der Waals surface area (Å²) in [7, 11) is 1.61. The zero-order chi connectivity index (χ0) is 14.7. The Morgan fingerprint density at radius 2 is 1.95 bits per heavy atom. The van der Waals surface area contributed by atoms with Crippen LogP contribution >= 0.6 is 11.6 Å². The highest BCUT2D eigenvalue weighted by Gasteiger charge is 2.12. The monoisotopic (exact) mass is 291 g/mol. The van der Waals surface area contributed by atoms with Crippen LogP contribution in [0, 0.1) is 6.92 Å². The molecule has 4 heteroatoms. The SMILES string of the molecule is COc1ccc(Cl)c(NC(C)c2ccc(C)cc2O)c1. The molecule has 20 heavy (non-hydrogen) atoms. The fourth-order valence-electron chi connectivity index (χ4n) is 2.07. The molecule has 0 aliphatic heterocycles. The Bertz CT molecular complexity index is 613. The summed E-state index contributed by atoms with van der Waals surface area (Å²) in [6, 6.07) is 11.0. The van der Waals surface area contributed by atoms with Crippen LogP contribution < -0.4 is 10.1 Å². The molecular formula is C16H18ClNO2. The topological polar surface area (TPSA) is 41.5 Å². The molecular weight excluding hydrogens is 274 g/mol. The van der Waals surface area contributed by atoms with Gasteiger partial charge in [-0.05, 0) is 37.6 Å². The quantitative estimate of drug-likeness (QED) is 0.869. The summed E-state index contributed by atoms with van der Waals surface area (Å²) in [5, 5.41) is 13.9. The molecule has 2 aromatic carbocycles. The first kappa shape index (κ1) is 14.5. The Kier molecular flexibility index (Phi) is 4.40. The van der Waals surface area contributed by atoms with Gasteiger partial charge in [0.2, 0.25) is 0 Å². The van der Waals surface area contributed by atoms with Crippen LogP contribution in [0.5, 0.6) is 11.5 Å². The predicted octanol–water partition coefficient (Wildman–Crippen LogP) is 4.54. The van der Waals surface area contributed by atoms with Gasteiger partial charge >= 0.3 is 0 Å². The highest BCUT2D eigenvalue weighted by Crippen LogP contribution is 2.32. The second kappa shape index (κ2) is 6.06. The molecule has 1 atom stereocenters. The van der Waals surface area contributed by atoms with Gasteiger partial charge in [0.1, 0.15) is 11.5 Å². The summed E-state index contributed by atoms with van der Waals surface area (Å²) in [4.78, 5) is 0. The number of benzene rings is 2. The fraction of sp³-hybridized carbons (Fsp3) is 0.250. The van der Waals surface area contributed by atoms with E-state index < -0.39 is 0 Å². The van der Waals surface area contributed by atoms with Crippen molar-refractivity contribution in [1.82, 2.24) is 0 Å². The van der Waals surface area contributed by atoms with E-state index >= 15 is 0 Å². The molecule has 106 valence electrons. The summed E-state index contributed by atoms with van der Waals surface area (Å²) < 4.78 is 5.19. The molecule has 0 saturated carbocycles. The Morgan fingerprint density at radius 3 is 2.60 bits per heavy atom. The van der Waals surface area contributed by atoms with Gasteiger partial charge in [-0.1, -0.05) is 23.7 Å². The summed E-state index contributed by atoms with van der Waals surface area (Å²) in [6.07, 6.45) is 0. The summed E-state index contributed by atoms with van der Waals surface area (Å²) >= 11 is 6.17. The van der Waals surface area contributed by atoms with Crippen molar-refractivity contribution in [1.29, 1.82) is 0 Å². The van der Waals surface area contributed by atoms with Gasteiger partial charge in [0, 0.05) is 11.6 Å². The second-order valence-corrected chi connectivity index (χ2v) is 5.18. The van der Waals surface area contributed by atoms with Crippen molar-refractivity contribution in [3.63, 3.8) is 0 Å². The number of methoxy groups -OCH3 is 1. The van der Waals surface area contributed by atoms with E-state index in [2.05, 4.69) is 5.32 Å². The van der Waals surface area contributed by atoms with E-state index in [1.807, 2.05) is 38.1 Å². The van der Waals surface area contributed by atoms with Gasteiger partial charge < -0.3 is 15.2 Å². The number of halogens is 1. The van der Waals surface area contributed by atoms with Crippen LogP contribution in [0.3, 0.4) is 0 Å². The largest absolute Gasteiger partial charge is 0.508 e. The minimum atomic E-state index is -0.0693. The number of aryl methyl sites for hydroxylation is 1. The molecule has 2 N–H and O–H groups in total. The zero-order valence-electron chi connectivity index (χ0n) is 11.8. The molecule has 0 aromatic heterocycles. The van der Waals surface area contributed by atoms with Crippen LogP contribution in [0.15, 0.2) is 36.4 Å². The maximum Gasteiger partial charge on any atom is 0.121 e. The van der Waals surface area contributed by atoms with Crippen molar-refractivity contribution in [3.05, 3.63) is 52.5 Å². The molecule has 0 saturated heterocycles. The van der Waals surface area contributed by atoms with Gasteiger partial charge in [0.15, 0.2) is 0 Å². The van der Waals surface area contributed by atoms with Crippen molar-refractivity contribution < 1.29 is 9.84 Å². The number of anilines is 1. The van der Waals surface area contributed by atoms with Crippen LogP contribution in [0.25, 0.3) is 0 Å². The molecule has 3 nitrogen and oxygen atoms in total. The van der Waals surface area contributed by atoms with Crippen LogP contribution in [-0.2, 0) is 0 Å². The first-order valence-corrected chi connectivity index (χ1v) is 6.78. The molecule has 1 unspecified atom stereocenters. The molecule has 0 heterocycles. The molecule has 0 spiro atoms. The molecule has 0 aliphatic rings. The number of ether oxygens (including phenoxy) is 1. The van der Waals surface area contributed by atoms with Crippen molar-refractivity contribution in [3.8, 4) is 11.5 Å². The molecule has 2 aromatic rings. The standard InChI is InChI=1S/C16H18ClNO2/c1-10-4-6-13(16(19)8-10)11(2)18-15-9-12(20-3)5-7-14(15)17/h4-9,11,18-19H,1-3H3. The van der Waals surface area contributed by atoms with Crippen molar-refractivity contribution in [2.75, 3.05) is 12.4 Å². The first-order chi connectivity index (χ1) is 9.51. The Morgan fingerprint density at radius 1 is 1.20 bits per heavy atom. The molecule has 0 aliphatic carbocycles. The smallest absolute Gasteiger partial charge is 0.121 e. The third-order valence-electron chi connectivity index (χ3n) is 3.20. The van der Waals surface area contributed by atoms with Crippen LogP contribution in [0.2, 0.25) is 5.02 Å². The van der Waals surface area contributed by atoms with Crippen molar-refractivity contribution >= 4 is 17.3 Å². The van der Waals surface area contributed by atoms with E-state index in [1.165, 1.54) is 0 Å². The number of rotatable bonds is 4. The van der Waals surface area contributed by atoms with Crippen LogP contribution in [-0.4, -0.2) is 12.2 Å². The first-order valence-electron chi connectivity index (χ1n) is 6.41. The lowest BCUT2D eigenvalue weighted by atomic mass is 10.0. The van der Waals surface area contributed by atoms with E-state index in [-0.39, 0.29) is 11.8 Å². The molecule has 0 radical (unpaired) electrons. The zero-order valence-corrected chi connectivity index (χ0v) is 12.5. The Balaban J connectivity index is 2.25. The second-order valence-electron chi connectivity index (χ2n) is 4.77. The summed E-state index contributed by atoms with van der Waals surface area (Å²) in [6.45, 7) is 3.92. The van der Waals surface area contributed by atoms with Crippen molar-refractivity contribution in [2.24, 2.45) is 0 Å². The third kappa shape index (κ3) is 3.17. The van der Waals surface area contributed by atoms with E-state index in [1.54, 1.807) is 19.2 Å². The lowest BCUT2D eigenvalue weighted by Gasteiger charge is -2.18. The maximum absolute atomic E-state index is 10.0. The van der Waals surface area contributed by atoms with Crippen LogP contribution in [0.4, 0.5) is 5.69 Å². The van der Waals surface area contributed by atoms with Gasteiger partial charge in [-0.25, -0.2) is 0 Å². The number of hydrogen-bond donors (Lipinski definition) is 2. The highest BCUT2D eigenvalue weighted by atomic mass is 35.5. The van der Waals surface area contributed by atoms with Gasteiger partial charge in [0.05, 0.1) is 23.9 Å². The van der Waals surface area contributed by atoms with E-state index in [0.29, 0.717) is 5.02 Å². The lowest BCUT2D eigenvalue weighted by molar-refractivity contribution is 0.415. The average molecular weight is 292 g/mol. The summed E-state index contributed by atoms with van der Waals surface area (Å²) in [5.41, 5.74) is 2.63. The number of phenols is 1. The number of aromatic hydroxyl groups is 1. The van der Waals surface area contributed by atoms with E-state index in [9.17, 15) is 5.11 Å². The number of nitrogens with one attached hydrogen (secondary N) is 1. The van der Waals surface area contributed by atoms with Gasteiger partial charge in [0.25, 0.3) is 0 Å². The van der Waals surface area contributed by atoms with Gasteiger partial charge in [-0.3, -0.25) is 0 Å². The highest BCUT2D eigenvalue weighted by molar-refractivity contribution is 6.33. The Hall–Kier alpha value is -1.87. The molecule has 2 rings (SSSR count).